The van der Waals surface area contributed by atoms with Gasteiger partial charge in [-0.05, 0) is 43.3 Å². The van der Waals surface area contributed by atoms with Crippen molar-refractivity contribution in [3.8, 4) is 11.5 Å². The number of hydrogen-bond acceptors (Lipinski definition) is 2. The molecule has 0 aliphatic heterocycles. The van der Waals surface area contributed by atoms with E-state index in [2.05, 4.69) is 19.2 Å². The lowest BCUT2D eigenvalue weighted by Crippen LogP contribution is -2.17. The molecule has 3 heteroatoms. The summed E-state index contributed by atoms with van der Waals surface area (Å²) in [5.41, 5.74) is 1.12. The molecule has 19 heavy (non-hydrogen) atoms. The molecule has 0 fully saturated rings. The molecule has 0 aliphatic carbocycles. The lowest BCUT2D eigenvalue weighted by Gasteiger charge is -2.14. The van der Waals surface area contributed by atoms with Gasteiger partial charge >= 0.3 is 0 Å². The van der Waals surface area contributed by atoms with E-state index in [1.165, 1.54) is 6.07 Å². The number of nitrogens with one attached hydrogen (secondary N) is 1. The number of halogens is 1. The second-order valence-corrected chi connectivity index (χ2v) is 4.38. The summed E-state index contributed by atoms with van der Waals surface area (Å²) in [7, 11) is 0. The van der Waals surface area contributed by atoms with Crippen molar-refractivity contribution < 1.29 is 9.13 Å². The van der Waals surface area contributed by atoms with Crippen molar-refractivity contribution in [2.24, 2.45) is 0 Å². The second-order valence-electron chi connectivity index (χ2n) is 4.38. The molecule has 0 radical (unpaired) electrons. The Balaban J connectivity index is 2.18. The third kappa shape index (κ3) is 3.55. The lowest BCUT2D eigenvalue weighted by atomic mass is 10.1. The van der Waals surface area contributed by atoms with Crippen molar-refractivity contribution >= 4 is 0 Å². The Labute approximate surface area is 113 Å². The normalized spacial score (nSPS) is 12.2. The smallest absolute Gasteiger partial charge is 0.165 e. The van der Waals surface area contributed by atoms with E-state index in [0.29, 0.717) is 5.75 Å². The van der Waals surface area contributed by atoms with E-state index in [9.17, 15) is 4.39 Å². The van der Waals surface area contributed by atoms with E-state index >= 15 is 0 Å². The maximum Gasteiger partial charge on any atom is 0.165 e. The summed E-state index contributed by atoms with van der Waals surface area (Å²) < 4.78 is 19.1. The minimum absolute atomic E-state index is 0.245. The monoisotopic (exact) mass is 259 g/mol. The minimum Gasteiger partial charge on any atom is -0.454 e. The van der Waals surface area contributed by atoms with Gasteiger partial charge in [0, 0.05) is 6.04 Å². The highest BCUT2D eigenvalue weighted by Gasteiger charge is 2.07. The van der Waals surface area contributed by atoms with Crippen LogP contribution in [-0.2, 0) is 0 Å². The molecule has 2 rings (SSSR count). The Morgan fingerprint density at radius 1 is 1.16 bits per heavy atom. The van der Waals surface area contributed by atoms with Gasteiger partial charge in [0.05, 0.1) is 0 Å². The molecule has 0 bridgehead atoms. The highest BCUT2D eigenvalue weighted by molar-refractivity contribution is 5.35. The maximum atomic E-state index is 13.5. The van der Waals surface area contributed by atoms with Gasteiger partial charge in [-0.15, -0.1) is 0 Å². The van der Waals surface area contributed by atoms with Crippen LogP contribution >= 0.6 is 0 Å². The van der Waals surface area contributed by atoms with Crippen molar-refractivity contribution in [2.45, 2.75) is 19.9 Å². The fourth-order valence-electron chi connectivity index (χ4n) is 1.93. The zero-order chi connectivity index (χ0) is 13.7. The zero-order valence-corrected chi connectivity index (χ0v) is 11.2. The summed E-state index contributed by atoms with van der Waals surface area (Å²) in [6, 6.07) is 14.4. The molecule has 2 aromatic rings. The van der Waals surface area contributed by atoms with Crippen molar-refractivity contribution in [1.82, 2.24) is 5.32 Å². The molecule has 0 spiro atoms. The van der Waals surface area contributed by atoms with Gasteiger partial charge in [-0.25, -0.2) is 4.39 Å². The van der Waals surface area contributed by atoms with Crippen LogP contribution in [0.15, 0.2) is 48.5 Å². The van der Waals surface area contributed by atoms with Gasteiger partial charge in [0.25, 0.3) is 0 Å². The van der Waals surface area contributed by atoms with Gasteiger partial charge in [0.1, 0.15) is 5.75 Å². The molecule has 1 atom stereocenters. The predicted molar refractivity (Wildman–Crippen MR) is 75.0 cm³/mol. The standard InChI is InChI=1S/C16H18FNO/c1-3-18-12(2)13-7-6-8-14(11-13)19-16-10-5-4-9-15(16)17/h4-12,18H,3H2,1-2H3. The lowest BCUT2D eigenvalue weighted by molar-refractivity contribution is 0.441. The molecular formula is C16H18FNO. The van der Waals surface area contributed by atoms with Gasteiger partial charge in [-0.3, -0.25) is 0 Å². The number of hydrogen-bond donors (Lipinski definition) is 1. The summed E-state index contributed by atoms with van der Waals surface area (Å²) in [4.78, 5) is 0. The van der Waals surface area contributed by atoms with Crippen LogP contribution in [0.2, 0.25) is 0 Å². The molecule has 1 N–H and O–H groups in total. The van der Waals surface area contributed by atoms with E-state index in [1.54, 1.807) is 18.2 Å². The van der Waals surface area contributed by atoms with Gasteiger partial charge in [-0.1, -0.05) is 31.2 Å². The molecule has 100 valence electrons. The van der Waals surface area contributed by atoms with Crippen LogP contribution in [0.25, 0.3) is 0 Å². The number of para-hydroxylation sites is 1. The molecule has 1 unspecified atom stereocenters. The van der Waals surface area contributed by atoms with Crippen LogP contribution in [0.4, 0.5) is 4.39 Å². The van der Waals surface area contributed by atoms with Crippen molar-refractivity contribution in [3.05, 3.63) is 59.9 Å². The average molecular weight is 259 g/mol. The predicted octanol–water partition coefficient (Wildman–Crippen LogP) is 4.29. The first-order chi connectivity index (χ1) is 9.20. The average Bonchev–Trinajstić information content (AvgIpc) is 2.42. The minimum atomic E-state index is -0.354. The first-order valence-electron chi connectivity index (χ1n) is 6.46. The number of ether oxygens (including phenoxy) is 1. The van der Waals surface area contributed by atoms with Crippen LogP contribution < -0.4 is 10.1 Å². The summed E-state index contributed by atoms with van der Waals surface area (Å²) in [6.07, 6.45) is 0. The van der Waals surface area contributed by atoms with Crippen LogP contribution in [-0.4, -0.2) is 6.54 Å². The molecule has 0 saturated heterocycles. The van der Waals surface area contributed by atoms with Crippen molar-refractivity contribution in [1.29, 1.82) is 0 Å². The molecular weight excluding hydrogens is 241 g/mol. The summed E-state index contributed by atoms with van der Waals surface area (Å²) in [5, 5.41) is 3.33. The molecule has 0 aliphatic rings. The first kappa shape index (κ1) is 13.6. The third-order valence-corrected chi connectivity index (χ3v) is 2.93. The van der Waals surface area contributed by atoms with E-state index in [0.717, 1.165) is 12.1 Å². The Kier molecular flexibility index (Phi) is 4.53. The Bertz CT molecular complexity index is 542. The third-order valence-electron chi connectivity index (χ3n) is 2.93. The molecule has 2 aromatic carbocycles. The summed E-state index contributed by atoms with van der Waals surface area (Å²) >= 11 is 0. The molecule has 0 aromatic heterocycles. The Morgan fingerprint density at radius 2 is 1.95 bits per heavy atom. The fraction of sp³-hybridized carbons (Fsp3) is 0.250. The number of benzene rings is 2. The summed E-state index contributed by atoms with van der Waals surface area (Å²) in [5.74, 6) is 0.538. The molecule has 0 amide bonds. The van der Waals surface area contributed by atoms with Gasteiger partial charge < -0.3 is 10.1 Å². The Hall–Kier alpha value is -1.87. The number of rotatable bonds is 5. The highest BCUT2D eigenvalue weighted by atomic mass is 19.1. The fourth-order valence-corrected chi connectivity index (χ4v) is 1.93. The van der Waals surface area contributed by atoms with E-state index in [1.807, 2.05) is 24.3 Å². The van der Waals surface area contributed by atoms with Crippen LogP contribution in [0.3, 0.4) is 0 Å². The van der Waals surface area contributed by atoms with Gasteiger partial charge in [0.15, 0.2) is 11.6 Å². The second kappa shape index (κ2) is 6.34. The van der Waals surface area contributed by atoms with E-state index in [-0.39, 0.29) is 17.6 Å². The quantitative estimate of drug-likeness (QED) is 0.865. The van der Waals surface area contributed by atoms with Crippen LogP contribution in [0.5, 0.6) is 11.5 Å². The topological polar surface area (TPSA) is 21.3 Å². The maximum absolute atomic E-state index is 13.5. The zero-order valence-electron chi connectivity index (χ0n) is 11.2. The van der Waals surface area contributed by atoms with Gasteiger partial charge in [-0.2, -0.15) is 0 Å². The van der Waals surface area contributed by atoms with E-state index in [4.69, 9.17) is 4.74 Å². The molecule has 0 saturated carbocycles. The molecule has 0 heterocycles. The first-order valence-corrected chi connectivity index (χ1v) is 6.46. The van der Waals surface area contributed by atoms with Crippen molar-refractivity contribution in [3.63, 3.8) is 0 Å². The molecule has 2 nitrogen and oxygen atoms in total. The Morgan fingerprint density at radius 3 is 2.68 bits per heavy atom. The largest absolute Gasteiger partial charge is 0.454 e. The van der Waals surface area contributed by atoms with Crippen LogP contribution in [0.1, 0.15) is 25.5 Å². The van der Waals surface area contributed by atoms with Gasteiger partial charge in [0.2, 0.25) is 0 Å². The summed E-state index contributed by atoms with van der Waals surface area (Å²) in [6.45, 7) is 5.06. The van der Waals surface area contributed by atoms with E-state index < -0.39 is 0 Å². The SMILES string of the molecule is CCNC(C)c1cccc(Oc2ccccc2F)c1. The van der Waals surface area contributed by atoms with Crippen LogP contribution in [0, 0.1) is 5.82 Å². The van der Waals surface area contributed by atoms with Crippen molar-refractivity contribution in [2.75, 3.05) is 6.54 Å². The highest BCUT2D eigenvalue weighted by Crippen LogP contribution is 2.26.